The van der Waals surface area contributed by atoms with Gasteiger partial charge < -0.3 is 11.1 Å². The number of amides is 1. The molecule has 0 aliphatic carbocycles. The van der Waals surface area contributed by atoms with Crippen molar-refractivity contribution in [1.82, 2.24) is 5.32 Å². The molecular weight excluding hydrogens is 376 g/mol. The van der Waals surface area contributed by atoms with E-state index in [-0.39, 0.29) is 5.91 Å². The predicted octanol–water partition coefficient (Wildman–Crippen LogP) is 3.07. The lowest BCUT2D eigenvalue weighted by Crippen LogP contribution is -2.24. The summed E-state index contributed by atoms with van der Waals surface area (Å²) in [5, 5.41) is 2.81. The van der Waals surface area contributed by atoms with Crippen LogP contribution >= 0.6 is 55.4 Å². The van der Waals surface area contributed by atoms with Crippen LogP contribution in [0.25, 0.3) is 0 Å². The second kappa shape index (κ2) is 6.68. The van der Waals surface area contributed by atoms with Gasteiger partial charge in [-0.3, -0.25) is 4.79 Å². The lowest BCUT2D eigenvalue weighted by Gasteiger charge is -2.02. The summed E-state index contributed by atoms with van der Waals surface area (Å²) in [7, 11) is 0. The molecule has 0 saturated carbocycles. The summed E-state index contributed by atoms with van der Waals surface area (Å²) in [4.78, 5) is 12.8. The number of hydrogen-bond acceptors (Lipinski definition) is 3. The molecule has 3 N–H and O–H groups in total. The Bertz CT molecular complexity index is 387. The summed E-state index contributed by atoms with van der Waals surface area (Å²) in [6.45, 7) is 0.587. The van der Waals surface area contributed by atoms with Crippen molar-refractivity contribution in [2.75, 3.05) is 6.54 Å². The van der Waals surface area contributed by atoms with Crippen LogP contribution in [0.15, 0.2) is 14.3 Å². The number of hydrogen-bond donors (Lipinski definition) is 2. The molecule has 0 aliphatic rings. The summed E-state index contributed by atoms with van der Waals surface area (Å²) in [5.74, 6) is -0.0701. The van der Waals surface area contributed by atoms with E-state index in [2.05, 4.69) is 37.2 Å². The van der Waals surface area contributed by atoms with Crippen LogP contribution in [0.3, 0.4) is 0 Å². The van der Waals surface area contributed by atoms with Crippen molar-refractivity contribution in [2.45, 2.75) is 12.8 Å². The maximum absolute atomic E-state index is 11.6. The summed E-state index contributed by atoms with van der Waals surface area (Å²) in [6, 6.07) is 1.79. The maximum Gasteiger partial charge on any atom is 0.261 e. The van der Waals surface area contributed by atoms with Gasteiger partial charge in [0.25, 0.3) is 5.91 Å². The molecule has 1 amide bonds. The van der Waals surface area contributed by atoms with Crippen LogP contribution in [0.2, 0.25) is 0 Å². The van der Waals surface area contributed by atoms with Crippen molar-refractivity contribution in [3.8, 4) is 0 Å². The summed E-state index contributed by atoms with van der Waals surface area (Å²) in [5.41, 5.74) is 5.35. The van der Waals surface area contributed by atoms with Gasteiger partial charge >= 0.3 is 0 Å². The summed E-state index contributed by atoms with van der Waals surface area (Å²) in [6.07, 6.45) is 1.43. The number of thiophene rings is 1. The number of halogens is 2. The molecule has 1 rings (SSSR count). The smallest absolute Gasteiger partial charge is 0.261 e. The van der Waals surface area contributed by atoms with E-state index in [0.29, 0.717) is 22.8 Å². The highest BCUT2D eigenvalue weighted by Crippen LogP contribution is 2.32. The number of nitrogens with two attached hydrogens (primary N) is 1. The first-order chi connectivity index (χ1) is 7.50. The highest BCUT2D eigenvalue weighted by Gasteiger charge is 2.11. The first-order valence-corrected chi connectivity index (χ1v) is 7.33. The van der Waals surface area contributed by atoms with Crippen LogP contribution < -0.4 is 11.1 Å². The molecule has 88 valence electrons. The van der Waals surface area contributed by atoms with Gasteiger partial charge in [-0.05, 0) is 50.8 Å². The maximum atomic E-state index is 11.6. The van der Waals surface area contributed by atoms with Crippen LogP contribution in [-0.4, -0.2) is 17.4 Å². The highest BCUT2D eigenvalue weighted by molar-refractivity contribution is 9.13. The fraction of sp³-hybridized carbons (Fsp3) is 0.333. The third kappa shape index (κ3) is 4.48. The fourth-order valence-corrected chi connectivity index (χ4v) is 3.11. The molecule has 0 aliphatic heterocycles. The third-order valence-electron chi connectivity index (χ3n) is 1.75. The van der Waals surface area contributed by atoms with Crippen LogP contribution in [-0.2, 0) is 0 Å². The Balaban J connectivity index is 2.38. The average molecular weight is 386 g/mol. The molecule has 0 unspecified atom stereocenters. The SMILES string of the molecule is NC(=S)CCCNC(=O)c1cc(Br)c(Br)s1. The zero-order valence-corrected chi connectivity index (χ0v) is 13.1. The van der Waals surface area contributed by atoms with Crippen molar-refractivity contribution < 1.29 is 4.79 Å². The van der Waals surface area contributed by atoms with Crippen LogP contribution in [0.4, 0.5) is 0 Å². The Morgan fingerprint density at radius 2 is 2.25 bits per heavy atom. The second-order valence-corrected chi connectivity index (χ2v) is 6.81. The van der Waals surface area contributed by atoms with E-state index < -0.39 is 0 Å². The van der Waals surface area contributed by atoms with Crippen LogP contribution in [0.5, 0.6) is 0 Å². The molecule has 3 nitrogen and oxygen atoms in total. The first kappa shape index (κ1) is 14.1. The molecule has 0 saturated heterocycles. The molecule has 0 bridgehead atoms. The minimum atomic E-state index is -0.0701. The largest absolute Gasteiger partial charge is 0.393 e. The standard InChI is InChI=1S/C9H10Br2N2OS2/c10-5-4-6(16-8(5)11)9(14)13-3-1-2-7(12)15/h4H,1-3H2,(H2,12,15)(H,13,14). The van der Waals surface area contributed by atoms with E-state index in [4.69, 9.17) is 18.0 Å². The second-order valence-electron chi connectivity index (χ2n) is 3.06. The van der Waals surface area contributed by atoms with Gasteiger partial charge in [0.05, 0.1) is 13.7 Å². The van der Waals surface area contributed by atoms with E-state index >= 15 is 0 Å². The van der Waals surface area contributed by atoms with Crippen LogP contribution in [0.1, 0.15) is 22.5 Å². The van der Waals surface area contributed by atoms with Gasteiger partial charge in [0, 0.05) is 11.0 Å². The fourth-order valence-electron chi connectivity index (χ4n) is 1.01. The topological polar surface area (TPSA) is 55.1 Å². The molecule has 0 atom stereocenters. The average Bonchev–Trinajstić information content (AvgIpc) is 2.54. The van der Waals surface area contributed by atoms with Gasteiger partial charge in [-0.15, -0.1) is 11.3 Å². The molecule has 16 heavy (non-hydrogen) atoms. The molecule has 0 fully saturated rings. The molecule has 0 spiro atoms. The number of nitrogens with one attached hydrogen (secondary N) is 1. The number of carbonyl (C=O) groups is 1. The van der Waals surface area contributed by atoms with Gasteiger partial charge in [0.2, 0.25) is 0 Å². The normalized spacial score (nSPS) is 10.1. The van der Waals surface area contributed by atoms with Gasteiger partial charge in [-0.1, -0.05) is 12.2 Å². The van der Waals surface area contributed by atoms with Gasteiger partial charge in [-0.25, -0.2) is 0 Å². The lowest BCUT2D eigenvalue weighted by atomic mass is 10.3. The predicted molar refractivity (Wildman–Crippen MR) is 78.1 cm³/mol. The first-order valence-electron chi connectivity index (χ1n) is 4.52. The number of rotatable bonds is 5. The lowest BCUT2D eigenvalue weighted by molar-refractivity contribution is 0.0957. The number of carbonyl (C=O) groups excluding carboxylic acids is 1. The van der Waals surface area contributed by atoms with Crippen molar-refractivity contribution >= 4 is 66.3 Å². The number of thiocarbonyl (C=S) groups is 1. The minimum absolute atomic E-state index is 0.0701. The third-order valence-corrected chi connectivity index (χ3v) is 5.21. The zero-order chi connectivity index (χ0) is 12.1. The Morgan fingerprint density at radius 3 is 2.75 bits per heavy atom. The molecule has 0 radical (unpaired) electrons. The van der Waals surface area contributed by atoms with Crippen molar-refractivity contribution in [3.63, 3.8) is 0 Å². The Kier molecular flexibility index (Phi) is 5.88. The summed E-state index contributed by atoms with van der Waals surface area (Å²) < 4.78 is 1.81. The van der Waals surface area contributed by atoms with E-state index in [1.807, 2.05) is 0 Å². The van der Waals surface area contributed by atoms with Crippen LogP contribution in [0, 0.1) is 0 Å². The van der Waals surface area contributed by atoms with Gasteiger partial charge in [-0.2, -0.15) is 0 Å². The zero-order valence-electron chi connectivity index (χ0n) is 8.26. The minimum Gasteiger partial charge on any atom is -0.393 e. The Hall–Kier alpha value is 0.0200. The van der Waals surface area contributed by atoms with Crippen molar-refractivity contribution in [2.24, 2.45) is 5.73 Å². The molecule has 1 aromatic rings. The monoisotopic (exact) mass is 384 g/mol. The highest BCUT2D eigenvalue weighted by atomic mass is 79.9. The molecule has 7 heteroatoms. The molecule has 1 heterocycles. The molecular formula is C9H10Br2N2OS2. The van der Waals surface area contributed by atoms with Gasteiger partial charge in [0.15, 0.2) is 0 Å². The van der Waals surface area contributed by atoms with E-state index in [0.717, 1.165) is 14.7 Å². The van der Waals surface area contributed by atoms with Crippen molar-refractivity contribution in [3.05, 3.63) is 19.2 Å². The van der Waals surface area contributed by atoms with E-state index in [9.17, 15) is 4.79 Å². The van der Waals surface area contributed by atoms with Crippen molar-refractivity contribution in [1.29, 1.82) is 0 Å². The van der Waals surface area contributed by atoms with Gasteiger partial charge in [0.1, 0.15) is 0 Å². The van der Waals surface area contributed by atoms with E-state index in [1.54, 1.807) is 6.07 Å². The quantitative estimate of drug-likeness (QED) is 0.604. The molecule has 1 aromatic heterocycles. The Morgan fingerprint density at radius 1 is 1.56 bits per heavy atom. The summed E-state index contributed by atoms with van der Waals surface area (Å²) >= 11 is 12.8. The molecule has 0 aromatic carbocycles. The van der Waals surface area contributed by atoms with E-state index in [1.165, 1.54) is 11.3 Å². The Labute approximate surface area is 120 Å².